The molecule has 0 saturated carbocycles. The molecule has 5 heteroatoms. The van der Waals surface area contributed by atoms with Crippen molar-refractivity contribution < 1.29 is 14.6 Å². The quantitative estimate of drug-likeness (QED) is 0.915. The number of carbonyl (C=O) groups excluding carboxylic acids is 1. The van der Waals surface area contributed by atoms with E-state index in [0.29, 0.717) is 44.8 Å². The Bertz CT molecular complexity index is 675. The van der Waals surface area contributed by atoms with Gasteiger partial charge in [0.05, 0.1) is 12.1 Å². The van der Waals surface area contributed by atoms with Gasteiger partial charge in [0.2, 0.25) is 0 Å². The van der Waals surface area contributed by atoms with E-state index in [0.717, 1.165) is 5.56 Å². The lowest BCUT2D eigenvalue weighted by atomic mass is 9.93. The van der Waals surface area contributed by atoms with Crippen LogP contribution in [0.25, 0.3) is 0 Å². The predicted molar refractivity (Wildman–Crippen MR) is 91.6 cm³/mol. The minimum absolute atomic E-state index is 0.0636. The van der Waals surface area contributed by atoms with Crippen LogP contribution < -0.4 is 0 Å². The van der Waals surface area contributed by atoms with Gasteiger partial charge in [-0.25, -0.2) is 0 Å². The lowest BCUT2D eigenvalue weighted by molar-refractivity contribution is -0.0767. The normalized spacial score (nSPS) is 16.8. The van der Waals surface area contributed by atoms with Gasteiger partial charge in [-0.2, -0.15) is 0 Å². The van der Waals surface area contributed by atoms with Crippen LogP contribution in [0.2, 0.25) is 0 Å². The van der Waals surface area contributed by atoms with E-state index in [2.05, 4.69) is 0 Å². The van der Waals surface area contributed by atoms with Crippen LogP contribution in [-0.2, 0) is 18.3 Å². The molecule has 1 aliphatic rings. The summed E-state index contributed by atoms with van der Waals surface area (Å²) in [7, 11) is 1.86. The minimum atomic E-state index is -0.881. The van der Waals surface area contributed by atoms with Crippen molar-refractivity contribution >= 4 is 5.91 Å². The predicted octanol–water partition coefficient (Wildman–Crippen LogP) is 2.21. The summed E-state index contributed by atoms with van der Waals surface area (Å²) in [5.41, 5.74) is 0.797. The van der Waals surface area contributed by atoms with Crippen LogP contribution in [0.1, 0.15) is 28.9 Å². The summed E-state index contributed by atoms with van der Waals surface area (Å²) in [4.78, 5) is 14.8. The standard InChI is InChI=1S/C19H24N2O3/c1-20-11-5-8-17(20)18(22)21(14-16-6-3-2-4-7-16)15-19(23)9-12-24-13-10-19/h2-8,11,23H,9-10,12-15H2,1H3. The molecule has 1 amide bonds. The van der Waals surface area contributed by atoms with Gasteiger partial charge in [-0.3, -0.25) is 4.79 Å². The summed E-state index contributed by atoms with van der Waals surface area (Å²) in [5, 5.41) is 10.9. The van der Waals surface area contributed by atoms with Gasteiger partial charge >= 0.3 is 0 Å². The first-order chi connectivity index (χ1) is 11.6. The molecule has 0 unspecified atom stereocenters. The van der Waals surface area contributed by atoms with Gasteiger partial charge in [0, 0.05) is 45.8 Å². The highest BCUT2D eigenvalue weighted by molar-refractivity contribution is 5.92. The van der Waals surface area contributed by atoms with E-state index in [1.54, 1.807) is 4.90 Å². The molecule has 0 spiro atoms. The highest BCUT2D eigenvalue weighted by atomic mass is 16.5. The molecule has 0 atom stereocenters. The van der Waals surface area contributed by atoms with E-state index in [1.807, 2.05) is 60.3 Å². The van der Waals surface area contributed by atoms with Crippen LogP contribution >= 0.6 is 0 Å². The topological polar surface area (TPSA) is 54.7 Å². The second-order valence-corrected chi connectivity index (χ2v) is 6.49. The Hall–Kier alpha value is -2.11. The molecule has 0 radical (unpaired) electrons. The third-order valence-electron chi connectivity index (χ3n) is 4.58. The van der Waals surface area contributed by atoms with Crippen molar-refractivity contribution in [1.82, 2.24) is 9.47 Å². The summed E-state index contributed by atoms with van der Waals surface area (Å²) in [5.74, 6) is -0.0636. The van der Waals surface area contributed by atoms with Crippen molar-refractivity contribution in [3.63, 3.8) is 0 Å². The van der Waals surface area contributed by atoms with Crippen LogP contribution in [-0.4, -0.2) is 45.8 Å². The Morgan fingerprint density at radius 2 is 1.92 bits per heavy atom. The van der Waals surface area contributed by atoms with Crippen LogP contribution in [0.4, 0.5) is 0 Å². The fourth-order valence-electron chi connectivity index (χ4n) is 3.11. The van der Waals surface area contributed by atoms with E-state index in [-0.39, 0.29) is 5.91 Å². The zero-order valence-corrected chi connectivity index (χ0v) is 14.0. The van der Waals surface area contributed by atoms with Crippen molar-refractivity contribution in [2.45, 2.75) is 25.0 Å². The van der Waals surface area contributed by atoms with Crippen molar-refractivity contribution in [3.8, 4) is 0 Å². The summed E-state index contributed by atoms with van der Waals surface area (Å²) in [6.45, 7) is 1.87. The van der Waals surface area contributed by atoms with Crippen LogP contribution in [0, 0.1) is 0 Å². The fraction of sp³-hybridized carbons (Fsp3) is 0.421. The number of carbonyl (C=O) groups is 1. The smallest absolute Gasteiger partial charge is 0.270 e. The summed E-state index contributed by atoms with van der Waals surface area (Å²) in [6.07, 6.45) is 2.97. The number of benzene rings is 1. The van der Waals surface area contributed by atoms with E-state index < -0.39 is 5.60 Å². The lowest BCUT2D eigenvalue weighted by Gasteiger charge is -2.37. The van der Waals surface area contributed by atoms with E-state index in [4.69, 9.17) is 4.74 Å². The van der Waals surface area contributed by atoms with E-state index in [9.17, 15) is 9.90 Å². The molecule has 1 fully saturated rings. The number of ether oxygens (including phenoxy) is 1. The number of hydrogen-bond donors (Lipinski definition) is 1. The largest absolute Gasteiger partial charge is 0.388 e. The molecule has 2 heterocycles. The molecule has 24 heavy (non-hydrogen) atoms. The van der Waals surface area contributed by atoms with Crippen LogP contribution in [0.5, 0.6) is 0 Å². The molecule has 2 aromatic rings. The van der Waals surface area contributed by atoms with Crippen LogP contribution in [0.15, 0.2) is 48.7 Å². The number of aryl methyl sites for hydroxylation is 1. The third kappa shape index (κ3) is 3.86. The second-order valence-electron chi connectivity index (χ2n) is 6.49. The zero-order chi connectivity index (χ0) is 17.0. The molecule has 3 rings (SSSR count). The maximum atomic E-state index is 13.0. The first kappa shape index (κ1) is 16.7. The molecule has 1 aliphatic heterocycles. The van der Waals surface area contributed by atoms with Gasteiger partial charge < -0.3 is 19.3 Å². The number of hydrogen-bond acceptors (Lipinski definition) is 3. The van der Waals surface area contributed by atoms with Gasteiger partial charge in [-0.05, 0) is 17.7 Å². The number of aromatic nitrogens is 1. The van der Waals surface area contributed by atoms with Gasteiger partial charge in [0.1, 0.15) is 5.69 Å². The average molecular weight is 328 g/mol. The highest BCUT2D eigenvalue weighted by Crippen LogP contribution is 2.23. The molecule has 0 bridgehead atoms. The van der Waals surface area contributed by atoms with Crippen molar-refractivity contribution in [3.05, 3.63) is 59.9 Å². The number of amides is 1. The number of rotatable bonds is 5. The molecule has 5 nitrogen and oxygen atoms in total. The SMILES string of the molecule is Cn1cccc1C(=O)N(Cc1ccccc1)CC1(O)CCOCC1. The van der Waals surface area contributed by atoms with Gasteiger partial charge in [-0.1, -0.05) is 30.3 Å². The molecule has 0 aliphatic carbocycles. The van der Waals surface area contributed by atoms with E-state index >= 15 is 0 Å². The Kier molecular flexibility index (Phi) is 5.02. The van der Waals surface area contributed by atoms with E-state index in [1.165, 1.54) is 0 Å². The van der Waals surface area contributed by atoms with Crippen molar-refractivity contribution in [2.75, 3.05) is 19.8 Å². The Labute approximate surface area is 142 Å². The van der Waals surface area contributed by atoms with Gasteiger partial charge in [0.15, 0.2) is 0 Å². The number of nitrogens with zero attached hydrogens (tertiary/aromatic N) is 2. The van der Waals surface area contributed by atoms with Crippen molar-refractivity contribution in [2.24, 2.45) is 7.05 Å². The zero-order valence-electron chi connectivity index (χ0n) is 14.0. The molecule has 1 aromatic heterocycles. The van der Waals surface area contributed by atoms with Gasteiger partial charge in [0.25, 0.3) is 5.91 Å². The Balaban J connectivity index is 1.83. The fourth-order valence-corrected chi connectivity index (χ4v) is 3.11. The first-order valence-electron chi connectivity index (χ1n) is 8.32. The number of aliphatic hydroxyl groups is 1. The maximum Gasteiger partial charge on any atom is 0.270 e. The second kappa shape index (κ2) is 7.20. The summed E-state index contributed by atoms with van der Waals surface area (Å²) < 4.78 is 7.16. The summed E-state index contributed by atoms with van der Waals surface area (Å²) in [6, 6.07) is 13.6. The monoisotopic (exact) mass is 328 g/mol. The molecular weight excluding hydrogens is 304 g/mol. The summed E-state index contributed by atoms with van der Waals surface area (Å²) >= 11 is 0. The minimum Gasteiger partial charge on any atom is -0.388 e. The Morgan fingerprint density at radius 3 is 2.54 bits per heavy atom. The lowest BCUT2D eigenvalue weighted by Crippen LogP contribution is -2.48. The molecule has 1 aromatic carbocycles. The molecule has 1 N–H and O–H groups in total. The third-order valence-corrected chi connectivity index (χ3v) is 4.58. The Morgan fingerprint density at radius 1 is 1.21 bits per heavy atom. The van der Waals surface area contributed by atoms with Crippen molar-refractivity contribution in [1.29, 1.82) is 0 Å². The average Bonchev–Trinajstić information content (AvgIpc) is 3.01. The van der Waals surface area contributed by atoms with Crippen LogP contribution in [0.3, 0.4) is 0 Å². The first-order valence-corrected chi connectivity index (χ1v) is 8.32. The maximum absolute atomic E-state index is 13.0. The van der Waals surface area contributed by atoms with Gasteiger partial charge in [-0.15, -0.1) is 0 Å². The molecular formula is C19H24N2O3. The highest BCUT2D eigenvalue weighted by Gasteiger charge is 2.34. The molecule has 1 saturated heterocycles. The molecule has 128 valence electrons.